The highest BCUT2D eigenvalue weighted by Gasteiger charge is 2.55. The predicted molar refractivity (Wildman–Crippen MR) is 58.4 cm³/mol. The molecule has 0 bridgehead atoms. The van der Waals surface area contributed by atoms with Crippen molar-refractivity contribution in [3.05, 3.63) is 0 Å². The van der Waals surface area contributed by atoms with Gasteiger partial charge in [-0.2, -0.15) is 5.26 Å². The lowest BCUT2D eigenvalue weighted by atomic mass is 9.81. The molecule has 2 fully saturated rings. The number of hydrogen-bond donors (Lipinski definition) is 0. The Morgan fingerprint density at radius 2 is 2.44 bits per heavy atom. The number of ether oxygens (including phenoxy) is 1. The van der Waals surface area contributed by atoms with Crippen LogP contribution in [0.2, 0.25) is 0 Å². The van der Waals surface area contributed by atoms with Gasteiger partial charge in [0.2, 0.25) is 0 Å². The Labute approximate surface area is 96.2 Å². The van der Waals surface area contributed by atoms with E-state index in [1.54, 1.807) is 0 Å². The number of nitrogens with zero attached hydrogens (tertiary/aromatic N) is 2. The minimum Gasteiger partial charge on any atom is -0.469 e. The summed E-state index contributed by atoms with van der Waals surface area (Å²) >= 11 is 0. The number of likely N-dealkylation sites (tertiary alicyclic amines) is 1. The lowest BCUT2D eigenvalue weighted by molar-refractivity contribution is -0.153. The van der Waals surface area contributed by atoms with Crippen molar-refractivity contribution in [2.75, 3.05) is 20.2 Å². The second-order valence-corrected chi connectivity index (χ2v) is 4.97. The van der Waals surface area contributed by atoms with Gasteiger partial charge in [-0.15, -0.1) is 0 Å². The molecule has 0 aromatic heterocycles. The number of nitriles is 1. The standard InChI is InChI=1S/C12H18N2O2/c1-9(6-13)14-7-10-4-3-5-12(10,8-14)11(15)16-2/h9-10H,3-5,7-8H2,1-2H3/t9-,10+,12+/m1/s1. The molecule has 16 heavy (non-hydrogen) atoms. The van der Waals surface area contributed by atoms with Crippen molar-refractivity contribution in [3.8, 4) is 6.07 Å². The van der Waals surface area contributed by atoms with Crippen molar-refractivity contribution in [1.82, 2.24) is 4.90 Å². The van der Waals surface area contributed by atoms with E-state index in [9.17, 15) is 4.79 Å². The molecule has 2 rings (SSSR count). The van der Waals surface area contributed by atoms with Crippen LogP contribution in [0.5, 0.6) is 0 Å². The first-order valence-electron chi connectivity index (χ1n) is 5.86. The zero-order chi connectivity index (χ0) is 11.8. The summed E-state index contributed by atoms with van der Waals surface area (Å²) in [5.41, 5.74) is -0.320. The largest absolute Gasteiger partial charge is 0.469 e. The van der Waals surface area contributed by atoms with Gasteiger partial charge in [0.1, 0.15) is 0 Å². The Bertz CT molecular complexity index is 336. The van der Waals surface area contributed by atoms with Crippen LogP contribution in [0, 0.1) is 22.7 Å². The number of fused-ring (bicyclic) bond motifs is 1. The summed E-state index contributed by atoms with van der Waals surface area (Å²) in [6.45, 7) is 3.45. The van der Waals surface area contributed by atoms with Crippen LogP contribution in [0.4, 0.5) is 0 Å². The summed E-state index contributed by atoms with van der Waals surface area (Å²) < 4.78 is 4.95. The third-order valence-electron chi connectivity index (χ3n) is 4.22. The van der Waals surface area contributed by atoms with E-state index in [-0.39, 0.29) is 17.4 Å². The molecule has 1 heterocycles. The quantitative estimate of drug-likeness (QED) is 0.658. The number of esters is 1. The highest BCUT2D eigenvalue weighted by atomic mass is 16.5. The number of methoxy groups -OCH3 is 1. The van der Waals surface area contributed by atoms with Crippen LogP contribution >= 0.6 is 0 Å². The fourth-order valence-electron chi connectivity index (χ4n) is 3.24. The van der Waals surface area contributed by atoms with Crippen LogP contribution in [0.3, 0.4) is 0 Å². The molecule has 1 saturated carbocycles. The van der Waals surface area contributed by atoms with Gasteiger partial charge in [-0.25, -0.2) is 0 Å². The summed E-state index contributed by atoms with van der Waals surface area (Å²) in [4.78, 5) is 14.1. The molecule has 1 aliphatic carbocycles. The molecule has 0 aromatic rings. The van der Waals surface area contributed by atoms with Crippen molar-refractivity contribution in [2.24, 2.45) is 11.3 Å². The Kier molecular flexibility index (Phi) is 2.90. The summed E-state index contributed by atoms with van der Waals surface area (Å²) in [5.74, 6) is 0.304. The topological polar surface area (TPSA) is 53.3 Å². The van der Waals surface area contributed by atoms with Crippen LogP contribution in [0.15, 0.2) is 0 Å². The highest BCUT2D eigenvalue weighted by Crippen LogP contribution is 2.49. The van der Waals surface area contributed by atoms with Gasteiger partial charge in [0, 0.05) is 13.1 Å². The van der Waals surface area contributed by atoms with E-state index in [1.165, 1.54) is 7.11 Å². The number of rotatable bonds is 2. The van der Waals surface area contributed by atoms with Crippen LogP contribution in [-0.2, 0) is 9.53 Å². The number of carbonyl (C=O) groups excluding carboxylic acids is 1. The Morgan fingerprint density at radius 3 is 3.06 bits per heavy atom. The average Bonchev–Trinajstić information content (AvgIpc) is 2.83. The normalized spacial score (nSPS) is 35.4. The first-order valence-corrected chi connectivity index (χ1v) is 5.86. The van der Waals surface area contributed by atoms with E-state index in [0.29, 0.717) is 12.5 Å². The summed E-state index contributed by atoms with van der Waals surface area (Å²) in [6, 6.07) is 2.14. The number of carbonyl (C=O) groups is 1. The molecule has 4 heteroatoms. The maximum absolute atomic E-state index is 11.9. The second-order valence-electron chi connectivity index (χ2n) is 4.97. The van der Waals surface area contributed by atoms with Crippen LogP contribution < -0.4 is 0 Å². The predicted octanol–water partition coefficient (Wildman–Crippen LogP) is 1.17. The smallest absolute Gasteiger partial charge is 0.313 e. The molecule has 0 radical (unpaired) electrons. The van der Waals surface area contributed by atoms with E-state index < -0.39 is 0 Å². The van der Waals surface area contributed by atoms with Gasteiger partial charge in [-0.1, -0.05) is 6.42 Å². The molecule has 1 aliphatic heterocycles. The van der Waals surface area contributed by atoms with Gasteiger partial charge in [0.25, 0.3) is 0 Å². The van der Waals surface area contributed by atoms with Gasteiger partial charge in [0.05, 0.1) is 24.6 Å². The zero-order valence-corrected chi connectivity index (χ0v) is 9.90. The molecule has 88 valence electrons. The van der Waals surface area contributed by atoms with E-state index in [1.807, 2.05) is 6.92 Å². The van der Waals surface area contributed by atoms with E-state index >= 15 is 0 Å². The SMILES string of the molecule is COC(=O)[C@]12CCC[C@H]1CN([C@H](C)C#N)C2. The van der Waals surface area contributed by atoms with Gasteiger partial charge in [0.15, 0.2) is 0 Å². The number of hydrogen-bond acceptors (Lipinski definition) is 4. The second kappa shape index (κ2) is 4.06. The first-order chi connectivity index (χ1) is 7.64. The molecule has 0 spiro atoms. The van der Waals surface area contributed by atoms with Crippen LogP contribution in [0.1, 0.15) is 26.2 Å². The third kappa shape index (κ3) is 1.51. The molecule has 0 unspecified atom stereocenters. The van der Waals surface area contributed by atoms with Crippen molar-refractivity contribution in [1.29, 1.82) is 5.26 Å². The van der Waals surface area contributed by atoms with Crippen molar-refractivity contribution in [3.63, 3.8) is 0 Å². The molecule has 1 saturated heterocycles. The molecule has 4 nitrogen and oxygen atoms in total. The molecule has 0 aromatic carbocycles. The maximum atomic E-state index is 11.9. The van der Waals surface area contributed by atoms with Gasteiger partial charge in [-0.3, -0.25) is 9.69 Å². The third-order valence-corrected chi connectivity index (χ3v) is 4.22. The highest BCUT2D eigenvalue weighted by molar-refractivity contribution is 5.78. The maximum Gasteiger partial charge on any atom is 0.313 e. The summed E-state index contributed by atoms with van der Waals surface area (Å²) in [6.07, 6.45) is 3.11. The van der Waals surface area contributed by atoms with Gasteiger partial charge in [-0.05, 0) is 25.7 Å². The van der Waals surface area contributed by atoms with Crippen molar-refractivity contribution < 1.29 is 9.53 Å². The van der Waals surface area contributed by atoms with E-state index in [0.717, 1.165) is 25.8 Å². The van der Waals surface area contributed by atoms with Gasteiger partial charge < -0.3 is 4.74 Å². The molecule has 0 N–H and O–H groups in total. The summed E-state index contributed by atoms with van der Waals surface area (Å²) in [5, 5.41) is 8.93. The molecular formula is C12H18N2O2. The van der Waals surface area contributed by atoms with E-state index in [4.69, 9.17) is 10.00 Å². The lowest BCUT2D eigenvalue weighted by Crippen LogP contribution is -2.38. The fourth-order valence-corrected chi connectivity index (χ4v) is 3.24. The molecule has 3 atom stereocenters. The Hall–Kier alpha value is -1.08. The van der Waals surface area contributed by atoms with Gasteiger partial charge >= 0.3 is 5.97 Å². The lowest BCUT2D eigenvalue weighted by Gasteiger charge is -2.26. The van der Waals surface area contributed by atoms with Crippen molar-refractivity contribution >= 4 is 5.97 Å². The monoisotopic (exact) mass is 222 g/mol. The van der Waals surface area contributed by atoms with E-state index in [2.05, 4.69) is 11.0 Å². The zero-order valence-electron chi connectivity index (χ0n) is 9.90. The molecular weight excluding hydrogens is 204 g/mol. The van der Waals surface area contributed by atoms with Crippen LogP contribution in [0.25, 0.3) is 0 Å². The molecule has 2 aliphatic rings. The average molecular weight is 222 g/mol. The van der Waals surface area contributed by atoms with Crippen molar-refractivity contribution in [2.45, 2.75) is 32.2 Å². The molecule has 0 amide bonds. The fraction of sp³-hybridized carbons (Fsp3) is 0.833. The minimum absolute atomic E-state index is 0.0809. The Morgan fingerprint density at radius 1 is 1.69 bits per heavy atom. The summed E-state index contributed by atoms with van der Waals surface area (Å²) in [7, 11) is 1.46. The van der Waals surface area contributed by atoms with Crippen LogP contribution in [-0.4, -0.2) is 37.1 Å². The first kappa shape index (κ1) is 11.4. The Balaban J connectivity index is 2.19. The minimum atomic E-state index is -0.320.